The number of rotatable bonds is 7. The van der Waals surface area contributed by atoms with Crippen LogP contribution in [-0.2, 0) is 13.0 Å². The molecule has 1 aliphatic carbocycles. The Hall–Kier alpha value is -1.98. The molecule has 5 nitrogen and oxygen atoms in total. The highest BCUT2D eigenvalue weighted by Gasteiger charge is 2.27. The number of nitrogens with two attached hydrogens (primary N) is 2. The summed E-state index contributed by atoms with van der Waals surface area (Å²) in [5, 5.41) is 0. The van der Waals surface area contributed by atoms with Crippen molar-refractivity contribution in [2.24, 2.45) is 5.73 Å². The maximum Gasteiger partial charge on any atom is 0.0772 e. The number of hydrogen-bond donors (Lipinski definition) is 2. The van der Waals surface area contributed by atoms with Gasteiger partial charge in [0.2, 0.25) is 0 Å². The van der Waals surface area contributed by atoms with Gasteiger partial charge in [0.1, 0.15) is 0 Å². The Morgan fingerprint density at radius 3 is 2.79 bits per heavy atom. The van der Waals surface area contributed by atoms with Crippen molar-refractivity contribution >= 4 is 5.69 Å². The van der Waals surface area contributed by atoms with E-state index in [2.05, 4.69) is 16.0 Å². The Morgan fingerprint density at radius 1 is 1.12 bits per heavy atom. The van der Waals surface area contributed by atoms with Crippen LogP contribution in [0, 0.1) is 0 Å². The topological polar surface area (TPSA) is 81.1 Å². The molecule has 0 radical (unpaired) electrons. The van der Waals surface area contributed by atoms with Gasteiger partial charge in [0.25, 0.3) is 0 Å². The monoisotopic (exact) mass is 325 g/mol. The molecule has 0 unspecified atom stereocenters. The summed E-state index contributed by atoms with van der Waals surface area (Å²) < 4.78 is 0. The van der Waals surface area contributed by atoms with Gasteiger partial charge in [-0.05, 0) is 69.0 Å². The van der Waals surface area contributed by atoms with Gasteiger partial charge < -0.3 is 11.5 Å². The maximum absolute atomic E-state index is 6.12. The van der Waals surface area contributed by atoms with Gasteiger partial charge in [-0.25, -0.2) is 0 Å². The largest absolute Gasteiger partial charge is 0.397 e. The third-order valence-electron chi connectivity index (χ3n) is 4.78. The first-order valence-electron chi connectivity index (χ1n) is 8.87. The number of hydrogen-bond acceptors (Lipinski definition) is 5. The zero-order valence-corrected chi connectivity index (χ0v) is 14.2. The van der Waals surface area contributed by atoms with Crippen molar-refractivity contribution < 1.29 is 0 Å². The second-order valence-corrected chi connectivity index (χ2v) is 6.46. The lowest BCUT2D eigenvalue weighted by molar-refractivity contribution is 0.161. The Labute approximate surface area is 144 Å². The molecule has 24 heavy (non-hydrogen) atoms. The molecule has 0 aliphatic heterocycles. The Balaban J connectivity index is 1.83. The second kappa shape index (κ2) is 8.22. The van der Waals surface area contributed by atoms with Gasteiger partial charge in [0, 0.05) is 18.9 Å². The van der Waals surface area contributed by atoms with E-state index in [1.54, 1.807) is 0 Å². The molecule has 0 aromatic carbocycles. The molecule has 4 N–H and O–H groups in total. The second-order valence-electron chi connectivity index (χ2n) is 6.46. The Bertz CT molecular complexity index is 658. The average molecular weight is 325 g/mol. The predicted molar refractivity (Wildman–Crippen MR) is 97.3 cm³/mol. The first kappa shape index (κ1) is 16.9. The van der Waals surface area contributed by atoms with E-state index >= 15 is 0 Å². The third kappa shape index (κ3) is 3.91. The van der Waals surface area contributed by atoms with Crippen LogP contribution in [0.4, 0.5) is 5.69 Å². The molecule has 0 saturated carbocycles. The van der Waals surface area contributed by atoms with Crippen LogP contribution in [0.2, 0.25) is 0 Å². The van der Waals surface area contributed by atoms with Crippen LogP contribution < -0.4 is 11.5 Å². The van der Waals surface area contributed by atoms with E-state index in [4.69, 9.17) is 16.5 Å². The minimum Gasteiger partial charge on any atom is -0.397 e. The number of aryl methyl sites for hydroxylation is 1. The summed E-state index contributed by atoms with van der Waals surface area (Å²) in [6.07, 6.45) is 9.31. The molecule has 5 heteroatoms. The Kier molecular flexibility index (Phi) is 5.77. The van der Waals surface area contributed by atoms with Gasteiger partial charge in [0.05, 0.1) is 23.1 Å². The molecule has 0 saturated heterocycles. The van der Waals surface area contributed by atoms with E-state index in [-0.39, 0.29) is 0 Å². The van der Waals surface area contributed by atoms with Crippen LogP contribution >= 0.6 is 0 Å². The van der Waals surface area contributed by atoms with Gasteiger partial charge in [-0.1, -0.05) is 6.07 Å². The van der Waals surface area contributed by atoms with Gasteiger partial charge in [-0.3, -0.25) is 14.9 Å². The quantitative estimate of drug-likeness (QED) is 0.765. The molecule has 0 spiro atoms. The van der Waals surface area contributed by atoms with Crippen LogP contribution in [0.15, 0.2) is 36.7 Å². The van der Waals surface area contributed by atoms with Crippen molar-refractivity contribution in [3.05, 3.63) is 53.6 Å². The van der Waals surface area contributed by atoms with E-state index in [1.165, 1.54) is 17.7 Å². The average Bonchev–Trinajstić information content (AvgIpc) is 2.62. The van der Waals surface area contributed by atoms with Gasteiger partial charge in [-0.2, -0.15) is 0 Å². The number of unbranched alkanes of at least 4 members (excludes halogenated alkanes) is 1. The van der Waals surface area contributed by atoms with E-state index < -0.39 is 0 Å². The highest BCUT2D eigenvalue weighted by molar-refractivity contribution is 5.41. The van der Waals surface area contributed by atoms with E-state index in [9.17, 15) is 0 Å². The minimum absolute atomic E-state index is 0.342. The number of aromatic nitrogens is 2. The highest BCUT2D eigenvalue weighted by Crippen LogP contribution is 2.34. The van der Waals surface area contributed by atoms with Crippen molar-refractivity contribution in [3.8, 4) is 0 Å². The molecule has 0 fully saturated rings. The fourth-order valence-electron chi connectivity index (χ4n) is 3.52. The van der Waals surface area contributed by atoms with Crippen molar-refractivity contribution in [2.75, 3.05) is 18.8 Å². The van der Waals surface area contributed by atoms with Crippen molar-refractivity contribution in [3.63, 3.8) is 0 Å². The van der Waals surface area contributed by atoms with E-state index in [0.717, 1.165) is 56.7 Å². The van der Waals surface area contributed by atoms with Crippen LogP contribution in [0.1, 0.15) is 48.7 Å². The first-order valence-corrected chi connectivity index (χ1v) is 8.87. The van der Waals surface area contributed by atoms with E-state index in [0.29, 0.717) is 6.04 Å². The molecule has 128 valence electrons. The molecular weight excluding hydrogens is 298 g/mol. The predicted octanol–water partition coefficient (Wildman–Crippen LogP) is 2.68. The maximum atomic E-state index is 6.12. The summed E-state index contributed by atoms with van der Waals surface area (Å²) in [6.45, 7) is 2.49. The Morgan fingerprint density at radius 2 is 1.96 bits per heavy atom. The number of nitrogen functional groups attached to an aromatic ring is 1. The number of fused-ring (bicyclic) bond motifs is 1. The van der Waals surface area contributed by atoms with Crippen molar-refractivity contribution in [1.29, 1.82) is 0 Å². The summed E-state index contributed by atoms with van der Waals surface area (Å²) in [6, 6.07) is 8.40. The molecule has 0 amide bonds. The lowest BCUT2D eigenvalue weighted by Crippen LogP contribution is -2.33. The summed E-state index contributed by atoms with van der Waals surface area (Å²) >= 11 is 0. The van der Waals surface area contributed by atoms with Crippen LogP contribution in [-0.4, -0.2) is 28.0 Å². The fourth-order valence-corrected chi connectivity index (χ4v) is 3.52. The molecule has 2 heterocycles. The SMILES string of the molecule is NCCCCN(Cc1ncccc1N)[C@H]1CCCc2cccnc21. The lowest BCUT2D eigenvalue weighted by Gasteiger charge is -2.35. The van der Waals surface area contributed by atoms with Gasteiger partial charge in [0.15, 0.2) is 0 Å². The van der Waals surface area contributed by atoms with Crippen LogP contribution in [0.5, 0.6) is 0 Å². The minimum atomic E-state index is 0.342. The lowest BCUT2D eigenvalue weighted by atomic mass is 9.90. The van der Waals surface area contributed by atoms with Crippen LogP contribution in [0.25, 0.3) is 0 Å². The highest BCUT2D eigenvalue weighted by atomic mass is 15.2. The van der Waals surface area contributed by atoms with Gasteiger partial charge >= 0.3 is 0 Å². The molecule has 3 rings (SSSR count). The zero-order valence-electron chi connectivity index (χ0n) is 14.2. The fraction of sp³-hybridized carbons (Fsp3) is 0.474. The molecule has 1 aliphatic rings. The van der Waals surface area contributed by atoms with E-state index in [1.807, 2.05) is 30.6 Å². The van der Waals surface area contributed by atoms with Gasteiger partial charge in [-0.15, -0.1) is 0 Å². The summed E-state index contributed by atoms with van der Waals surface area (Å²) in [5.41, 5.74) is 16.1. The molecular formula is C19H27N5. The summed E-state index contributed by atoms with van der Waals surface area (Å²) in [7, 11) is 0. The summed E-state index contributed by atoms with van der Waals surface area (Å²) in [4.78, 5) is 11.7. The summed E-state index contributed by atoms with van der Waals surface area (Å²) in [5.74, 6) is 0. The normalized spacial score (nSPS) is 17.0. The zero-order chi connectivity index (χ0) is 16.8. The molecule has 2 aromatic rings. The molecule has 2 aromatic heterocycles. The van der Waals surface area contributed by atoms with Crippen molar-refractivity contribution in [1.82, 2.24) is 14.9 Å². The number of pyridine rings is 2. The third-order valence-corrected chi connectivity index (χ3v) is 4.78. The molecule has 0 bridgehead atoms. The molecule has 1 atom stereocenters. The number of nitrogens with zero attached hydrogens (tertiary/aromatic N) is 3. The smallest absolute Gasteiger partial charge is 0.0772 e. The van der Waals surface area contributed by atoms with Crippen molar-refractivity contribution in [2.45, 2.75) is 44.7 Å². The standard InChI is InChI=1S/C19H27N5/c20-10-1-2-13-24(14-17-16(21)8-5-11-22-17)18-9-3-6-15-7-4-12-23-19(15)18/h4-5,7-8,11-12,18H,1-3,6,9-10,13-14,20-21H2/t18-/m0/s1. The first-order chi connectivity index (χ1) is 11.8. The van der Waals surface area contributed by atoms with Crippen LogP contribution in [0.3, 0.4) is 0 Å². The number of anilines is 1.